The summed E-state index contributed by atoms with van der Waals surface area (Å²) in [5.41, 5.74) is 0. The summed E-state index contributed by atoms with van der Waals surface area (Å²) in [6, 6.07) is 0.599. The molecule has 5 nitrogen and oxygen atoms in total. The van der Waals surface area contributed by atoms with Crippen LogP contribution < -0.4 is 10.2 Å². The third kappa shape index (κ3) is 4.18. The SMILES string of the molecule is CCCNCc1nnc(N(C)CC(C)C)o1. The molecule has 0 fully saturated rings. The van der Waals surface area contributed by atoms with Crippen molar-refractivity contribution in [3.63, 3.8) is 0 Å². The van der Waals surface area contributed by atoms with Crippen molar-refractivity contribution in [3.05, 3.63) is 5.89 Å². The Morgan fingerprint density at radius 3 is 2.75 bits per heavy atom. The van der Waals surface area contributed by atoms with Crippen molar-refractivity contribution in [1.82, 2.24) is 15.5 Å². The maximum absolute atomic E-state index is 5.53. The highest BCUT2D eigenvalue weighted by Gasteiger charge is 2.11. The average Bonchev–Trinajstić information content (AvgIpc) is 2.66. The first-order chi connectivity index (χ1) is 7.63. The van der Waals surface area contributed by atoms with Gasteiger partial charge in [0.05, 0.1) is 6.54 Å². The van der Waals surface area contributed by atoms with Gasteiger partial charge >= 0.3 is 6.01 Å². The van der Waals surface area contributed by atoms with E-state index < -0.39 is 0 Å². The quantitative estimate of drug-likeness (QED) is 0.717. The summed E-state index contributed by atoms with van der Waals surface area (Å²) in [6.07, 6.45) is 1.11. The molecule has 0 saturated heterocycles. The fourth-order valence-electron chi connectivity index (χ4n) is 1.47. The molecule has 0 aliphatic heterocycles. The van der Waals surface area contributed by atoms with E-state index in [2.05, 4.69) is 36.3 Å². The molecule has 0 amide bonds. The fraction of sp³-hybridized carbons (Fsp3) is 0.818. The Hall–Kier alpha value is -1.10. The van der Waals surface area contributed by atoms with Gasteiger partial charge in [0, 0.05) is 13.6 Å². The summed E-state index contributed by atoms with van der Waals surface area (Å²) >= 11 is 0. The van der Waals surface area contributed by atoms with Crippen LogP contribution in [-0.4, -0.2) is 30.3 Å². The lowest BCUT2D eigenvalue weighted by molar-refractivity contribution is 0.459. The van der Waals surface area contributed by atoms with Crippen molar-refractivity contribution in [3.8, 4) is 0 Å². The zero-order valence-electron chi connectivity index (χ0n) is 10.7. The molecule has 92 valence electrons. The molecular formula is C11H22N4O. The van der Waals surface area contributed by atoms with Crippen LogP contribution in [0, 0.1) is 5.92 Å². The molecule has 16 heavy (non-hydrogen) atoms. The summed E-state index contributed by atoms with van der Waals surface area (Å²) in [5.74, 6) is 1.23. The second kappa shape index (κ2) is 6.48. The molecule has 0 saturated carbocycles. The first kappa shape index (κ1) is 13.0. The Morgan fingerprint density at radius 1 is 1.38 bits per heavy atom. The highest BCUT2D eigenvalue weighted by atomic mass is 16.4. The molecule has 1 heterocycles. The first-order valence-corrected chi connectivity index (χ1v) is 5.87. The summed E-state index contributed by atoms with van der Waals surface area (Å²) in [5, 5.41) is 11.2. The molecule has 5 heteroatoms. The van der Waals surface area contributed by atoms with Crippen LogP contribution >= 0.6 is 0 Å². The second-order valence-corrected chi connectivity index (χ2v) is 4.43. The van der Waals surface area contributed by atoms with E-state index in [1.807, 2.05) is 11.9 Å². The van der Waals surface area contributed by atoms with Gasteiger partial charge in [0.25, 0.3) is 0 Å². The van der Waals surface area contributed by atoms with Gasteiger partial charge in [0.1, 0.15) is 0 Å². The number of anilines is 1. The number of nitrogens with zero attached hydrogens (tertiary/aromatic N) is 3. The fourth-order valence-corrected chi connectivity index (χ4v) is 1.47. The zero-order valence-corrected chi connectivity index (χ0v) is 10.7. The minimum atomic E-state index is 0.582. The van der Waals surface area contributed by atoms with E-state index in [4.69, 9.17) is 4.42 Å². The lowest BCUT2D eigenvalue weighted by atomic mass is 10.2. The molecule has 0 atom stereocenters. The van der Waals surface area contributed by atoms with Crippen molar-refractivity contribution < 1.29 is 4.42 Å². The van der Waals surface area contributed by atoms with Crippen LogP contribution in [0.3, 0.4) is 0 Å². The molecular weight excluding hydrogens is 204 g/mol. The van der Waals surface area contributed by atoms with E-state index in [1.165, 1.54) is 0 Å². The Bertz CT molecular complexity index is 298. The third-order valence-electron chi connectivity index (χ3n) is 2.12. The summed E-state index contributed by atoms with van der Waals surface area (Å²) in [6.45, 7) is 9.00. The Balaban J connectivity index is 2.44. The van der Waals surface area contributed by atoms with Crippen molar-refractivity contribution in [2.75, 3.05) is 25.0 Å². The molecule has 1 N–H and O–H groups in total. The molecule has 0 aromatic carbocycles. The van der Waals surface area contributed by atoms with Crippen LogP contribution in [0.15, 0.2) is 4.42 Å². The lowest BCUT2D eigenvalue weighted by Gasteiger charge is -2.15. The minimum Gasteiger partial charge on any atom is -0.407 e. The van der Waals surface area contributed by atoms with Crippen molar-refractivity contribution in [2.24, 2.45) is 5.92 Å². The van der Waals surface area contributed by atoms with E-state index in [0.29, 0.717) is 24.4 Å². The molecule has 1 rings (SSSR count). The number of aromatic nitrogens is 2. The van der Waals surface area contributed by atoms with E-state index in [9.17, 15) is 0 Å². The van der Waals surface area contributed by atoms with E-state index in [-0.39, 0.29) is 0 Å². The summed E-state index contributed by atoms with van der Waals surface area (Å²) < 4.78 is 5.53. The van der Waals surface area contributed by atoms with E-state index in [0.717, 1.165) is 19.5 Å². The van der Waals surface area contributed by atoms with Gasteiger partial charge in [-0.3, -0.25) is 0 Å². The molecule has 0 spiro atoms. The Labute approximate surface area is 97.2 Å². The van der Waals surface area contributed by atoms with Crippen LogP contribution in [0.2, 0.25) is 0 Å². The topological polar surface area (TPSA) is 54.2 Å². The van der Waals surface area contributed by atoms with Crippen LogP contribution in [0.1, 0.15) is 33.1 Å². The predicted molar refractivity (Wildman–Crippen MR) is 64.4 cm³/mol. The van der Waals surface area contributed by atoms with Crippen LogP contribution in [0.25, 0.3) is 0 Å². The van der Waals surface area contributed by atoms with E-state index >= 15 is 0 Å². The summed E-state index contributed by atoms with van der Waals surface area (Å²) in [4.78, 5) is 1.99. The van der Waals surface area contributed by atoms with Gasteiger partial charge in [-0.25, -0.2) is 0 Å². The third-order valence-corrected chi connectivity index (χ3v) is 2.12. The standard InChI is InChI=1S/C11H22N4O/c1-5-6-12-7-10-13-14-11(16-10)15(4)8-9(2)3/h9,12H,5-8H2,1-4H3. The van der Waals surface area contributed by atoms with Crippen LogP contribution in [-0.2, 0) is 6.54 Å². The molecule has 0 radical (unpaired) electrons. The van der Waals surface area contributed by atoms with Gasteiger partial charge in [-0.1, -0.05) is 25.9 Å². The zero-order chi connectivity index (χ0) is 12.0. The number of nitrogens with one attached hydrogen (secondary N) is 1. The average molecular weight is 226 g/mol. The number of hydrogen-bond donors (Lipinski definition) is 1. The van der Waals surface area contributed by atoms with Gasteiger partial charge in [-0.05, 0) is 18.9 Å². The number of hydrogen-bond acceptors (Lipinski definition) is 5. The first-order valence-electron chi connectivity index (χ1n) is 5.87. The van der Waals surface area contributed by atoms with Crippen molar-refractivity contribution in [2.45, 2.75) is 33.7 Å². The van der Waals surface area contributed by atoms with Crippen LogP contribution in [0.4, 0.5) is 6.01 Å². The molecule has 0 aliphatic rings. The Kier molecular flexibility index (Phi) is 5.25. The maximum atomic E-state index is 5.53. The van der Waals surface area contributed by atoms with Crippen molar-refractivity contribution >= 4 is 6.01 Å². The summed E-state index contributed by atoms with van der Waals surface area (Å²) in [7, 11) is 1.97. The smallest absolute Gasteiger partial charge is 0.317 e. The number of rotatable bonds is 7. The van der Waals surface area contributed by atoms with Crippen LogP contribution in [0.5, 0.6) is 0 Å². The molecule has 1 aromatic heterocycles. The van der Waals surface area contributed by atoms with Crippen molar-refractivity contribution in [1.29, 1.82) is 0 Å². The van der Waals surface area contributed by atoms with Gasteiger partial charge < -0.3 is 14.6 Å². The van der Waals surface area contributed by atoms with Gasteiger partial charge in [-0.15, -0.1) is 5.10 Å². The lowest BCUT2D eigenvalue weighted by Crippen LogP contribution is -2.22. The molecule has 0 aliphatic carbocycles. The van der Waals surface area contributed by atoms with Gasteiger partial charge in [0.2, 0.25) is 5.89 Å². The largest absolute Gasteiger partial charge is 0.407 e. The highest BCUT2D eigenvalue weighted by Crippen LogP contribution is 2.11. The van der Waals surface area contributed by atoms with E-state index in [1.54, 1.807) is 0 Å². The highest BCUT2D eigenvalue weighted by molar-refractivity contribution is 5.21. The minimum absolute atomic E-state index is 0.582. The normalized spacial score (nSPS) is 11.1. The monoisotopic (exact) mass is 226 g/mol. The molecule has 1 aromatic rings. The maximum Gasteiger partial charge on any atom is 0.317 e. The van der Waals surface area contributed by atoms with Gasteiger partial charge in [-0.2, -0.15) is 0 Å². The molecule has 0 bridgehead atoms. The Morgan fingerprint density at radius 2 is 2.12 bits per heavy atom. The van der Waals surface area contributed by atoms with Gasteiger partial charge in [0.15, 0.2) is 0 Å². The predicted octanol–water partition coefficient (Wildman–Crippen LogP) is 1.66. The second-order valence-electron chi connectivity index (χ2n) is 4.43. The molecule has 0 unspecified atom stereocenters.